The maximum atomic E-state index is 12.3. The smallest absolute Gasteiger partial charge is 0.264 e. The lowest BCUT2D eigenvalue weighted by Crippen LogP contribution is -2.51. The van der Waals surface area contributed by atoms with E-state index >= 15 is 0 Å². The van der Waals surface area contributed by atoms with E-state index in [0.717, 1.165) is 11.2 Å². The van der Waals surface area contributed by atoms with Crippen molar-refractivity contribution in [2.24, 2.45) is 0 Å². The Labute approximate surface area is 149 Å². The zero-order chi connectivity index (χ0) is 17.6. The van der Waals surface area contributed by atoms with Crippen LogP contribution in [0.5, 0.6) is 5.75 Å². The fourth-order valence-electron chi connectivity index (χ4n) is 2.63. The fourth-order valence-corrected chi connectivity index (χ4v) is 3.32. The van der Waals surface area contributed by atoms with Gasteiger partial charge in [-0.05, 0) is 23.6 Å². The van der Waals surface area contributed by atoms with Crippen LogP contribution in [0.1, 0.15) is 20.0 Å². The second-order valence-electron chi connectivity index (χ2n) is 5.63. The van der Waals surface area contributed by atoms with Crippen LogP contribution in [0, 0.1) is 0 Å². The number of hydrogen-bond acceptors (Lipinski definition) is 5. The summed E-state index contributed by atoms with van der Waals surface area (Å²) in [6.45, 7) is 1.94. The number of benzene rings is 1. The number of hydrogen-bond donors (Lipinski definition) is 0. The van der Waals surface area contributed by atoms with Gasteiger partial charge in [0.05, 0.1) is 4.88 Å². The van der Waals surface area contributed by atoms with Gasteiger partial charge in [0, 0.05) is 31.7 Å². The van der Waals surface area contributed by atoms with Gasteiger partial charge in [-0.3, -0.25) is 14.4 Å². The average molecular weight is 358 g/mol. The van der Waals surface area contributed by atoms with Gasteiger partial charge < -0.3 is 14.5 Å². The van der Waals surface area contributed by atoms with Gasteiger partial charge in [0.25, 0.3) is 11.8 Å². The van der Waals surface area contributed by atoms with Crippen LogP contribution in [-0.4, -0.2) is 60.7 Å². The van der Waals surface area contributed by atoms with E-state index in [1.165, 1.54) is 11.3 Å². The molecule has 0 saturated carbocycles. The number of thiophene rings is 1. The van der Waals surface area contributed by atoms with E-state index < -0.39 is 0 Å². The first-order chi connectivity index (χ1) is 12.2. The molecule has 25 heavy (non-hydrogen) atoms. The highest BCUT2D eigenvalue weighted by Gasteiger charge is 2.25. The van der Waals surface area contributed by atoms with Crippen LogP contribution in [0.15, 0.2) is 41.8 Å². The highest BCUT2D eigenvalue weighted by molar-refractivity contribution is 7.12. The number of piperazine rings is 1. The van der Waals surface area contributed by atoms with Crippen molar-refractivity contribution in [3.63, 3.8) is 0 Å². The molecule has 0 bridgehead atoms. The molecule has 1 saturated heterocycles. The van der Waals surface area contributed by atoms with Crippen LogP contribution < -0.4 is 4.74 Å². The van der Waals surface area contributed by atoms with E-state index in [-0.39, 0.29) is 18.4 Å². The number of rotatable bonds is 5. The summed E-state index contributed by atoms with van der Waals surface area (Å²) in [6.07, 6.45) is 0.735. The number of ether oxygens (including phenoxy) is 1. The third-order valence-corrected chi connectivity index (χ3v) is 4.87. The molecule has 0 unspecified atom stereocenters. The number of carbonyl (C=O) groups is 3. The highest BCUT2D eigenvalue weighted by atomic mass is 32.1. The van der Waals surface area contributed by atoms with Crippen LogP contribution in [-0.2, 0) is 4.79 Å². The van der Waals surface area contributed by atoms with Gasteiger partial charge in [-0.15, -0.1) is 11.3 Å². The van der Waals surface area contributed by atoms with Crippen molar-refractivity contribution in [3.8, 4) is 5.75 Å². The summed E-state index contributed by atoms with van der Waals surface area (Å²) in [7, 11) is 0. The second kappa shape index (κ2) is 7.94. The summed E-state index contributed by atoms with van der Waals surface area (Å²) in [5, 5.41) is 1.88. The minimum absolute atomic E-state index is 0.0176. The third kappa shape index (κ3) is 4.24. The molecule has 1 fully saturated rings. The normalized spacial score (nSPS) is 14.2. The largest absolute Gasteiger partial charge is 0.484 e. The lowest BCUT2D eigenvalue weighted by Gasteiger charge is -2.34. The monoisotopic (exact) mass is 358 g/mol. The van der Waals surface area contributed by atoms with Crippen LogP contribution in [0.4, 0.5) is 0 Å². The first kappa shape index (κ1) is 17.2. The zero-order valence-electron chi connectivity index (χ0n) is 13.6. The lowest BCUT2D eigenvalue weighted by molar-refractivity contribution is -0.134. The predicted octanol–water partition coefficient (Wildman–Crippen LogP) is 1.92. The lowest BCUT2D eigenvalue weighted by atomic mass is 10.2. The minimum atomic E-state index is -0.125. The molecule has 1 aliphatic rings. The van der Waals surface area contributed by atoms with Crippen molar-refractivity contribution in [1.82, 2.24) is 9.80 Å². The molecule has 130 valence electrons. The van der Waals surface area contributed by atoms with E-state index in [4.69, 9.17) is 4.74 Å². The molecule has 1 aromatic carbocycles. The molecule has 2 heterocycles. The van der Waals surface area contributed by atoms with Crippen molar-refractivity contribution in [1.29, 1.82) is 0 Å². The first-order valence-corrected chi connectivity index (χ1v) is 8.84. The molecule has 0 radical (unpaired) electrons. The number of amides is 2. The molecule has 0 aliphatic carbocycles. The fraction of sp³-hybridized carbons (Fsp3) is 0.278. The Morgan fingerprint density at radius 1 is 1.08 bits per heavy atom. The summed E-state index contributed by atoms with van der Waals surface area (Å²) >= 11 is 1.42. The van der Waals surface area contributed by atoms with Crippen LogP contribution in [0.2, 0.25) is 0 Å². The van der Waals surface area contributed by atoms with E-state index in [2.05, 4.69) is 0 Å². The summed E-state index contributed by atoms with van der Waals surface area (Å²) in [5.41, 5.74) is 0.505. The molecule has 0 N–H and O–H groups in total. The average Bonchev–Trinajstić information content (AvgIpc) is 3.20. The van der Waals surface area contributed by atoms with Crippen LogP contribution in [0.25, 0.3) is 0 Å². The van der Waals surface area contributed by atoms with Crippen molar-refractivity contribution >= 4 is 29.4 Å². The molecule has 2 aromatic rings. The molecule has 1 aromatic heterocycles. The predicted molar refractivity (Wildman–Crippen MR) is 94.1 cm³/mol. The molecule has 1 aliphatic heterocycles. The van der Waals surface area contributed by atoms with Gasteiger partial charge in [0.1, 0.15) is 12.0 Å². The molecular formula is C18H18N2O4S. The summed E-state index contributed by atoms with van der Waals surface area (Å²) in [5.74, 6) is 0.383. The zero-order valence-corrected chi connectivity index (χ0v) is 14.4. The van der Waals surface area contributed by atoms with Gasteiger partial charge in [-0.2, -0.15) is 0 Å². The van der Waals surface area contributed by atoms with Gasteiger partial charge in [0.2, 0.25) is 0 Å². The van der Waals surface area contributed by atoms with Crippen LogP contribution in [0.3, 0.4) is 0 Å². The van der Waals surface area contributed by atoms with E-state index in [1.807, 2.05) is 17.5 Å². The van der Waals surface area contributed by atoms with Gasteiger partial charge in [0.15, 0.2) is 6.61 Å². The van der Waals surface area contributed by atoms with Crippen molar-refractivity contribution < 1.29 is 19.1 Å². The Morgan fingerprint density at radius 3 is 2.52 bits per heavy atom. The Morgan fingerprint density at radius 2 is 1.84 bits per heavy atom. The Balaban J connectivity index is 1.48. The Kier molecular flexibility index (Phi) is 5.45. The second-order valence-corrected chi connectivity index (χ2v) is 6.58. The van der Waals surface area contributed by atoms with Crippen molar-refractivity contribution in [2.45, 2.75) is 0 Å². The molecule has 3 rings (SSSR count). The summed E-state index contributed by atoms with van der Waals surface area (Å²) < 4.78 is 5.47. The van der Waals surface area contributed by atoms with E-state index in [0.29, 0.717) is 37.5 Å². The number of nitrogens with zero attached hydrogens (tertiary/aromatic N) is 2. The van der Waals surface area contributed by atoms with Gasteiger partial charge in [-0.1, -0.05) is 18.2 Å². The molecule has 6 nitrogen and oxygen atoms in total. The topological polar surface area (TPSA) is 66.9 Å². The standard InChI is InChI=1S/C18H18N2O4S/c21-12-14-3-1-4-15(11-14)24-13-17(22)19-6-8-20(9-7-19)18(23)16-5-2-10-25-16/h1-5,10-12H,6-9,13H2. The van der Waals surface area contributed by atoms with E-state index in [9.17, 15) is 14.4 Å². The van der Waals surface area contributed by atoms with E-state index in [1.54, 1.807) is 34.1 Å². The SMILES string of the molecule is O=Cc1cccc(OCC(=O)N2CCN(C(=O)c3cccs3)CC2)c1. The van der Waals surface area contributed by atoms with Gasteiger partial charge in [-0.25, -0.2) is 0 Å². The molecule has 0 spiro atoms. The third-order valence-electron chi connectivity index (χ3n) is 4.01. The van der Waals surface area contributed by atoms with Crippen molar-refractivity contribution in [2.75, 3.05) is 32.8 Å². The molecule has 2 amide bonds. The first-order valence-electron chi connectivity index (χ1n) is 7.96. The van der Waals surface area contributed by atoms with Crippen molar-refractivity contribution in [3.05, 3.63) is 52.2 Å². The maximum Gasteiger partial charge on any atom is 0.264 e. The van der Waals surface area contributed by atoms with Crippen LogP contribution >= 0.6 is 11.3 Å². The highest BCUT2D eigenvalue weighted by Crippen LogP contribution is 2.15. The Hall–Kier alpha value is -2.67. The molecule has 7 heteroatoms. The Bertz CT molecular complexity index is 752. The minimum Gasteiger partial charge on any atom is -0.484 e. The molecule has 0 atom stereocenters. The quantitative estimate of drug-likeness (QED) is 0.766. The summed E-state index contributed by atoms with van der Waals surface area (Å²) in [4.78, 5) is 39.5. The number of aldehydes is 1. The molecular weight excluding hydrogens is 340 g/mol. The van der Waals surface area contributed by atoms with Gasteiger partial charge >= 0.3 is 0 Å². The summed E-state index contributed by atoms with van der Waals surface area (Å²) in [6, 6.07) is 10.3. The number of carbonyl (C=O) groups excluding carboxylic acids is 3. The maximum absolute atomic E-state index is 12.3.